The maximum Gasteiger partial charge on any atom is 0.255 e. The van der Waals surface area contributed by atoms with Crippen molar-refractivity contribution in [3.05, 3.63) is 29.6 Å². The zero-order valence-corrected chi connectivity index (χ0v) is 18.0. The molecule has 2 fully saturated rings. The van der Waals surface area contributed by atoms with E-state index < -0.39 is 0 Å². The van der Waals surface area contributed by atoms with Gasteiger partial charge >= 0.3 is 0 Å². The summed E-state index contributed by atoms with van der Waals surface area (Å²) < 4.78 is 5.57. The number of piperidine rings is 1. The van der Waals surface area contributed by atoms with Crippen molar-refractivity contribution < 1.29 is 14.3 Å². The van der Waals surface area contributed by atoms with Crippen molar-refractivity contribution >= 4 is 11.8 Å². The molecule has 0 aromatic carbocycles. The fraction of sp³-hybridized carbons (Fsp3) is 0.682. The lowest BCUT2D eigenvalue weighted by Crippen LogP contribution is -2.55. The predicted molar refractivity (Wildman–Crippen MR) is 112 cm³/mol. The SMILES string of the molecule is CC(=O)N1CCCC(N(CCN(C)C(=O)c2cncc(C)c2)C2CCOCC2)C1. The van der Waals surface area contributed by atoms with E-state index in [0.29, 0.717) is 24.2 Å². The molecule has 0 N–H and O–H groups in total. The summed E-state index contributed by atoms with van der Waals surface area (Å²) in [6.07, 6.45) is 7.54. The number of aromatic nitrogens is 1. The van der Waals surface area contributed by atoms with E-state index in [0.717, 1.165) is 64.1 Å². The second kappa shape index (κ2) is 10.2. The van der Waals surface area contributed by atoms with Crippen LogP contribution in [0.2, 0.25) is 0 Å². The molecule has 0 saturated carbocycles. The van der Waals surface area contributed by atoms with Crippen LogP contribution in [0.3, 0.4) is 0 Å². The largest absolute Gasteiger partial charge is 0.381 e. The molecule has 7 nitrogen and oxygen atoms in total. The number of amides is 2. The lowest BCUT2D eigenvalue weighted by atomic mass is 9.98. The Morgan fingerprint density at radius 3 is 2.62 bits per heavy atom. The molecule has 3 heterocycles. The minimum Gasteiger partial charge on any atom is -0.381 e. The van der Waals surface area contributed by atoms with Gasteiger partial charge in [0.1, 0.15) is 0 Å². The molecule has 1 aromatic rings. The van der Waals surface area contributed by atoms with Gasteiger partial charge < -0.3 is 14.5 Å². The molecular formula is C22H34N4O3. The second-order valence-electron chi connectivity index (χ2n) is 8.32. The molecule has 3 rings (SSSR count). The van der Waals surface area contributed by atoms with Gasteiger partial charge in [0.2, 0.25) is 5.91 Å². The van der Waals surface area contributed by atoms with Gasteiger partial charge in [-0.2, -0.15) is 0 Å². The summed E-state index contributed by atoms with van der Waals surface area (Å²) in [7, 11) is 1.86. The summed E-state index contributed by atoms with van der Waals surface area (Å²) >= 11 is 0. The summed E-state index contributed by atoms with van der Waals surface area (Å²) in [4.78, 5) is 35.1. The van der Waals surface area contributed by atoms with E-state index in [2.05, 4.69) is 9.88 Å². The highest BCUT2D eigenvalue weighted by atomic mass is 16.5. The van der Waals surface area contributed by atoms with Crippen molar-refractivity contribution in [1.82, 2.24) is 19.7 Å². The number of carbonyl (C=O) groups is 2. The van der Waals surface area contributed by atoms with Crippen LogP contribution in [0.1, 0.15) is 48.5 Å². The topological polar surface area (TPSA) is 66.0 Å². The van der Waals surface area contributed by atoms with Gasteiger partial charge in [0.25, 0.3) is 5.91 Å². The number of likely N-dealkylation sites (N-methyl/N-ethyl adjacent to an activating group) is 1. The second-order valence-corrected chi connectivity index (χ2v) is 8.32. The highest BCUT2D eigenvalue weighted by Crippen LogP contribution is 2.23. The van der Waals surface area contributed by atoms with E-state index in [-0.39, 0.29) is 11.8 Å². The van der Waals surface area contributed by atoms with E-state index in [1.165, 1.54) is 0 Å². The van der Waals surface area contributed by atoms with Crippen LogP contribution in [0.15, 0.2) is 18.5 Å². The fourth-order valence-electron chi connectivity index (χ4n) is 4.45. The van der Waals surface area contributed by atoms with Crippen LogP contribution >= 0.6 is 0 Å². The monoisotopic (exact) mass is 402 g/mol. The summed E-state index contributed by atoms with van der Waals surface area (Å²) in [5, 5.41) is 0. The summed E-state index contributed by atoms with van der Waals surface area (Å²) in [6, 6.07) is 2.68. The minimum absolute atomic E-state index is 0.00198. The van der Waals surface area contributed by atoms with Crippen LogP contribution in [0.4, 0.5) is 0 Å². The van der Waals surface area contributed by atoms with Crippen LogP contribution in [0.25, 0.3) is 0 Å². The minimum atomic E-state index is 0.00198. The highest BCUT2D eigenvalue weighted by molar-refractivity contribution is 5.93. The third kappa shape index (κ3) is 5.76. The maximum absolute atomic E-state index is 12.8. The average Bonchev–Trinajstić information content (AvgIpc) is 2.74. The number of rotatable bonds is 6. The quantitative estimate of drug-likeness (QED) is 0.728. The highest BCUT2D eigenvalue weighted by Gasteiger charge is 2.32. The zero-order valence-electron chi connectivity index (χ0n) is 18.0. The van der Waals surface area contributed by atoms with Crippen molar-refractivity contribution in [2.75, 3.05) is 46.4 Å². The van der Waals surface area contributed by atoms with Crippen molar-refractivity contribution in [2.24, 2.45) is 0 Å². The van der Waals surface area contributed by atoms with Crippen molar-refractivity contribution in [2.45, 2.75) is 51.6 Å². The molecule has 0 spiro atoms. The molecular weight excluding hydrogens is 368 g/mol. The van der Waals surface area contributed by atoms with Gasteiger partial charge in [-0.05, 0) is 44.2 Å². The number of carbonyl (C=O) groups excluding carboxylic acids is 2. The van der Waals surface area contributed by atoms with Gasteiger partial charge in [0, 0.05) is 77.8 Å². The molecule has 1 unspecified atom stereocenters. The average molecular weight is 403 g/mol. The van der Waals surface area contributed by atoms with Crippen LogP contribution in [-0.4, -0.2) is 90.0 Å². The third-order valence-corrected chi connectivity index (χ3v) is 6.13. The molecule has 29 heavy (non-hydrogen) atoms. The molecule has 2 saturated heterocycles. The Morgan fingerprint density at radius 2 is 1.93 bits per heavy atom. The van der Waals surface area contributed by atoms with Crippen LogP contribution in [0, 0.1) is 6.92 Å². The first kappa shape index (κ1) is 21.7. The van der Waals surface area contributed by atoms with Gasteiger partial charge in [-0.25, -0.2) is 0 Å². The first-order valence-corrected chi connectivity index (χ1v) is 10.7. The normalized spacial score (nSPS) is 20.7. The number of nitrogens with zero attached hydrogens (tertiary/aromatic N) is 4. The number of likely N-dealkylation sites (tertiary alicyclic amines) is 1. The van der Waals surface area contributed by atoms with Crippen LogP contribution < -0.4 is 0 Å². The van der Waals surface area contributed by atoms with Gasteiger partial charge in [-0.15, -0.1) is 0 Å². The Hall–Kier alpha value is -1.99. The van der Waals surface area contributed by atoms with Crippen LogP contribution in [0.5, 0.6) is 0 Å². The number of ether oxygens (including phenoxy) is 1. The number of hydrogen-bond acceptors (Lipinski definition) is 5. The Balaban J connectivity index is 1.66. The predicted octanol–water partition coefficient (Wildman–Crippen LogP) is 1.95. The van der Waals surface area contributed by atoms with Gasteiger partial charge in [-0.1, -0.05) is 0 Å². The molecule has 0 aliphatic carbocycles. The first-order chi connectivity index (χ1) is 14.0. The van der Waals surface area contributed by atoms with Gasteiger partial charge in [0.05, 0.1) is 5.56 Å². The fourth-order valence-corrected chi connectivity index (χ4v) is 4.45. The molecule has 0 radical (unpaired) electrons. The molecule has 1 atom stereocenters. The Kier molecular flexibility index (Phi) is 7.61. The first-order valence-electron chi connectivity index (χ1n) is 10.7. The lowest BCUT2D eigenvalue weighted by molar-refractivity contribution is -0.131. The Morgan fingerprint density at radius 1 is 1.17 bits per heavy atom. The third-order valence-electron chi connectivity index (χ3n) is 6.13. The van der Waals surface area contributed by atoms with E-state index in [1.54, 1.807) is 24.2 Å². The van der Waals surface area contributed by atoms with Gasteiger partial charge in [-0.3, -0.25) is 19.5 Å². The molecule has 1 aromatic heterocycles. The summed E-state index contributed by atoms with van der Waals surface area (Å²) in [6.45, 7) is 8.27. The lowest BCUT2D eigenvalue weighted by Gasteiger charge is -2.44. The molecule has 2 aliphatic heterocycles. The summed E-state index contributed by atoms with van der Waals surface area (Å²) in [5.74, 6) is 0.156. The van der Waals surface area contributed by atoms with Crippen molar-refractivity contribution in [3.63, 3.8) is 0 Å². The summed E-state index contributed by atoms with van der Waals surface area (Å²) in [5.41, 5.74) is 1.62. The standard InChI is InChI=1S/C22H34N4O3/c1-17-13-19(15-23-14-17)22(28)24(3)9-10-26(20-6-11-29-12-7-20)21-5-4-8-25(16-21)18(2)27/h13-15,20-21H,4-12,16H2,1-3H3. The Labute approximate surface area is 174 Å². The van der Waals surface area contributed by atoms with Gasteiger partial charge in [0.15, 0.2) is 0 Å². The van der Waals surface area contributed by atoms with Crippen molar-refractivity contribution in [1.29, 1.82) is 0 Å². The number of aryl methyl sites for hydroxylation is 1. The zero-order chi connectivity index (χ0) is 20.8. The Bertz CT molecular complexity index is 705. The van der Waals surface area contributed by atoms with E-state index in [9.17, 15) is 9.59 Å². The molecule has 2 amide bonds. The van der Waals surface area contributed by atoms with Crippen molar-refractivity contribution in [3.8, 4) is 0 Å². The maximum atomic E-state index is 12.8. The number of hydrogen-bond donors (Lipinski definition) is 0. The van der Waals surface area contributed by atoms with E-state index in [4.69, 9.17) is 4.74 Å². The number of pyridine rings is 1. The molecule has 2 aliphatic rings. The molecule has 160 valence electrons. The smallest absolute Gasteiger partial charge is 0.255 e. The molecule has 7 heteroatoms. The van der Waals surface area contributed by atoms with Crippen LogP contribution in [-0.2, 0) is 9.53 Å². The molecule has 0 bridgehead atoms. The van der Waals surface area contributed by atoms with E-state index >= 15 is 0 Å². The van der Waals surface area contributed by atoms with E-state index in [1.807, 2.05) is 24.9 Å².